The lowest BCUT2D eigenvalue weighted by Gasteiger charge is -2.32. The van der Waals surface area contributed by atoms with E-state index in [0.29, 0.717) is 30.9 Å². The third-order valence-electron chi connectivity index (χ3n) is 6.17. The molecule has 3 aromatic rings. The molecule has 0 aliphatic carbocycles. The van der Waals surface area contributed by atoms with Crippen LogP contribution >= 0.6 is 0 Å². The van der Waals surface area contributed by atoms with Gasteiger partial charge in [0.2, 0.25) is 21.8 Å². The fraction of sp³-hybridized carbons (Fsp3) is 0.310. The molecule has 0 heterocycles. The van der Waals surface area contributed by atoms with Gasteiger partial charge in [-0.2, -0.15) is 0 Å². The van der Waals surface area contributed by atoms with Crippen LogP contribution in [0.3, 0.4) is 0 Å². The number of likely N-dealkylation sites (N-methyl/N-ethyl adjacent to an activating group) is 1. The van der Waals surface area contributed by atoms with Crippen LogP contribution in [0, 0.1) is 0 Å². The first-order valence-electron chi connectivity index (χ1n) is 12.5. The summed E-state index contributed by atoms with van der Waals surface area (Å²) in [6.45, 7) is 2.05. The quantitative estimate of drug-likeness (QED) is 0.359. The Morgan fingerprint density at radius 1 is 0.895 bits per heavy atom. The fourth-order valence-corrected chi connectivity index (χ4v) is 4.98. The number of carbonyl (C=O) groups excluding carboxylic acids is 2. The molecule has 3 aromatic carbocycles. The molecule has 0 unspecified atom stereocenters. The third-order valence-corrected chi connectivity index (χ3v) is 7.31. The number of nitrogens with one attached hydrogen (secondary N) is 1. The number of nitrogens with zero attached hydrogens (tertiary/aromatic N) is 2. The molecule has 1 N–H and O–H groups in total. The Bertz CT molecular complexity index is 1280. The maximum atomic E-state index is 13.6. The van der Waals surface area contributed by atoms with E-state index in [9.17, 15) is 18.0 Å². The number of hydrogen-bond acceptors (Lipinski definition) is 5. The van der Waals surface area contributed by atoms with Gasteiger partial charge in [-0.1, -0.05) is 67.6 Å². The highest BCUT2D eigenvalue weighted by Crippen LogP contribution is 2.23. The number of rotatable bonds is 13. The maximum Gasteiger partial charge on any atom is 0.244 e. The molecule has 0 radical (unpaired) electrons. The summed E-state index contributed by atoms with van der Waals surface area (Å²) in [4.78, 5) is 27.6. The molecule has 0 bridgehead atoms. The van der Waals surface area contributed by atoms with Crippen LogP contribution in [0.1, 0.15) is 24.5 Å². The molecule has 0 aliphatic rings. The lowest BCUT2D eigenvalue weighted by atomic mass is 10.1. The highest BCUT2D eigenvalue weighted by molar-refractivity contribution is 7.92. The number of amides is 2. The van der Waals surface area contributed by atoms with Gasteiger partial charge in [0, 0.05) is 13.6 Å². The summed E-state index contributed by atoms with van der Waals surface area (Å²) in [5.41, 5.74) is 2.36. The fourth-order valence-electron chi connectivity index (χ4n) is 4.13. The summed E-state index contributed by atoms with van der Waals surface area (Å²) in [6, 6.07) is 25.2. The van der Waals surface area contributed by atoms with E-state index in [0.717, 1.165) is 21.7 Å². The van der Waals surface area contributed by atoms with Crippen molar-refractivity contribution in [2.24, 2.45) is 0 Å². The molecule has 0 fully saturated rings. The van der Waals surface area contributed by atoms with E-state index >= 15 is 0 Å². The van der Waals surface area contributed by atoms with Crippen molar-refractivity contribution >= 4 is 27.5 Å². The summed E-state index contributed by atoms with van der Waals surface area (Å²) in [7, 11) is -2.27. The van der Waals surface area contributed by atoms with Gasteiger partial charge in [-0.25, -0.2) is 8.42 Å². The average Bonchev–Trinajstić information content (AvgIpc) is 2.93. The van der Waals surface area contributed by atoms with E-state index in [2.05, 4.69) is 5.32 Å². The van der Waals surface area contributed by atoms with Crippen molar-refractivity contribution in [3.63, 3.8) is 0 Å². The van der Waals surface area contributed by atoms with Crippen LogP contribution in [0.4, 0.5) is 5.69 Å². The Morgan fingerprint density at radius 2 is 1.47 bits per heavy atom. The molecule has 202 valence electrons. The van der Waals surface area contributed by atoms with Crippen LogP contribution in [-0.4, -0.2) is 57.6 Å². The Balaban J connectivity index is 1.78. The standard InChI is InChI=1S/C29H35N3O5S/c1-4-27(29(34)30-2)31(20-19-23-11-7-5-8-12-23)28(33)21-32(38(3,35)36)25-15-17-26(18-16-25)37-22-24-13-9-6-10-14-24/h5-18,27H,4,19-22H2,1-3H3,(H,30,34)/t27-/m0/s1. The molecule has 1 atom stereocenters. The topological polar surface area (TPSA) is 96.0 Å². The van der Waals surface area contributed by atoms with Crippen molar-refractivity contribution in [2.45, 2.75) is 32.4 Å². The van der Waals surface area contributed by atoms with Crippen molar-refractivity contribution in [2.75, 3.05) is 30.7 Å². The normalized spacial score (nSPS) is 11.9. The Labute approximate surface area is 225 Å². The van der Waals surface area contributed by atoms with E-state index in [1.165, 1.54) is 11.9 Å². The number of anilines is 1. The number of ether oxygens (including phenoxy) is 1. The number of sulfonamides is 1. The van der Waals surface area contributed by atoms with Gasteiger partial charge < -0.3 is 15.0 Å². The van der Waals surface area contributed by atoms with Gasteiger partial charge in [0.25, 0.3) is 0 Å². The average molecular weight is 538 g/mol. The minimum Gasteiger partial charge on any atom is -0.489 e. The summed E-state index contributed by atoms with van der Waals surface area (Å²) < 4.78 is 32.3. The number of benzene rings is 3. The van der Waals surface area contributed by atoms with Gasteiger partial charge in [-0.15, -0.1) is 0 Å². The molecular formula is C29H35N3O5S. The van der Waals surface area contributed by atoms with Crippen molar-refractivity contribution in [3.05, 3.63) is 96.1 Å². The van der Waals surface area contributed by atoms with Crippen molar-refractivity contribution in [1.82, 2.24) is 10.2 Å². The summed E-state index contributed by atoms with van der Waals surface area (Å²) >= 11 is 0. The Kier molecular flexibility index (Phi) is 10.3. The Morgan fingerprint density at radius 3 is 2.00 bits per heavy atom. The van der Waals surface area contributed by atoms with Crippen LogP contribution in [-0.2, 0) is 32.6 Å². The first-order valence-corrected chi connectivity index (χ1v) is 14.4. The van der Waals surface area contributed by atoms with Gasteiger partial charge in [-0.05, 0) is 48.2 Å². The van der Waals surface area contributed by atoms with E-state index < -0.39 is 28.5 Å². The first kappa shape index (κ1) is 28.7. The zero-order valence-corrected chi connectivity index (χ0v) is 22.9. The minimum absolute atomic E-state index is 0.276. The summed E-state index contributed by atoms with van der Waals surface area (Å²) in [5, 5.41) is 2.62. The largest absolute Gasteiger partial charge is 0.489 e. The second kappa shape index (κ2) is 13.6. The van der Waals surface area contributed by atoms with Gasteiger partial charge >= 0.3 is 0 Å². The van der Waals surface area contributed by atoms with Crippen LogP contribution in [0.2, 0.25) is 0 Å². The maximum absolute atomic E-state index is 13.6. The molecule has 2 amide bonds. The van der Waals surface area contributed by atoms with Crippen LogP contribution in [0.5, 0.6) is 5.75 Å². The van der Waals surface area contributed by atoms with Crippen LogP contribution in [0.15, 0.2) is 84.9 Å². The molecule has 38 heavy (non-hydrogen) atoms. The SMILES string of the molecule is CC[C@@H](C(=O)NC)N(CCc1ccccc1)C(=O)CN(c1ccc(OCc2ccccc2)cc1)S(C)(=O)=O. The van der Waals surface area contributed by atoms with Gasteiger partial charge in [0.15, 0.2) is 0 Å². The smallest absolute Gasteiger partial charge is 0.244 e. The van der Waals surface area contributed by atoms with E-state index in [1.807, 2.05) is 67.6 Å². The molecule has 8 nitrogen and oxygen atoms in total. The van der Waals surface area contributed by atoms with E-state index in [1.54, 1.807) is 24.3 Å². The molecule has 9 heteroatoms. The number of hydrogen-bond donors (Lipinski definition) is 1. The molecule has 0 saturated heterocycles. The van der Waals surface area contributed by atoms with Crippen molar-refractivity contribution in [3.8, 4) is 5.75 Å². The minimum atomic E-state index is -3.80. The molecule has 0 aromatic heterocycles. The molecule has 0 spiro atoms. The van der Waals surface area contributed by atoms with Crippen LogP contribution in [0.25, 0.3) is 0 Å². The highest BCUT2D eigenvalue weighted by Gasteiger charge is 2.31. The lowest BCUT2D eigenvalue weighted by molar-refractivity contribution is -0.139. The molecular weight excluding hydrogens is 502 g/mol. The third kappa shape index (κ3) is 8.08. The van der Waals surface area contributed by atoms with E-state index in [-0.39, 0.29) is 12.5 Å². The van der Waals surface area contributed by atoms with Gasteiger partial charge in [-0.3, -0.25) is 13.9 Å². The summed E-state index contributed by atoms with van der Waals surface area (Å²) in [5.74, 6) is -0.168. The Hall–Kier alpha value is -3.85. The second-order valence-electron chi connectivity index (χ2n) is 8.90. The van der Waals surface area contributed by atoms with Crippen molar-refractivity contribution < 1.29 is 22.7 Å². The number of carbonyl (C=O) groups is 2. The molecule has 3 rings (SSSR count). The van der Waals surface area contributed by atoms with Crippen molar-refractivity contribution in [1.29, 1.82) is 0 Å². The summed E-state index contributed by atoms with van der Waals surface area (Å²) in [6.07, 6.45) is 1.99. The second-order valence-corrected chi connectivity index (χ2v) is 10.8. The molecule has 0 saturated carbocycles. The van der Waals surface area contributed by atoms with E-state index in [4.69, 9.17) is 4.74 Å². The highest BCUT2D eigenvalue weighted by atomic mass is 32.2. The lowest BCUT2D eigenvalue weighted by Crippen LogP contribution is -2.52. The van der Waals surface area contributed by atoms with Gasteiger partial charge in [0.1, 0.15) is 24.9 Å². The monoisotopic (exact) mass is 537 g/mol. The predicted octanol–water partition coefficient (Wildman–Crippen LogP) is 3.63. The predicted molar refractivity (Wildman–Crippen MR) is 149 cm³/mol. The zero-order chi connectivity index (χ0) is 27.5. The first-order chi connectivity index (χ1) is 18.2. The van der Waals surface area contributed by atoms with Crippen LogP contribution < -0.4 is 14.4 Å². The van der Waals surface area contributed by atoms with Gasteiger partial charge in [0.05, 0.1) is 11.9 Å². The zero-order valence-electron chi connectivity index (χ0n) is 22.0. The molecule has 0 aliphatic heterocycles.